The van der Waals surface area contributed by atoms with E-state index in [-0.39, 0.29) is 27.0 Å². The molecule has 4 rings (SSSR count). The third kappa shape index (κ3) is 4.37. The van der Waals surface area contributed by atoms with E-state index in [4.69, 9.17) is 16.3 Å². The SMILES string of the molecule is CNc1ncc2cc(-c3cccc(NS(=O)(=O)c4cc(Cl)cnc4OC)c3F)c(C)nc2n1. The summed E-state index contributed by atoms with van der Waals surface area (Å²) in [7, 11) is -1.29. The van der Waals surface area contributed by atoms with Crippen LogP contribution in [0.1, 0.15) is 5.69 Å². The van der Waals surface area contributed by atoms with Crippen LogP contribution in [0.15, 0.2) is 47.6 Å². The molecule has 2 N–H and O–H groups in total. The quantitative estimate of drug-likeness (QED) is 0.417. The number of hydrogen-bond acceptors (Lipinski definition) is 8. The largest absolute Gasteiger partial charge is 0.480 e. The molecule has 3 aromatic heterocycles. The predicted octanol–water partition coefficient (Wildman–Crippen LogP) is 4.04. The van der Waals surface area contributed by atoms with E-state index in [1.54, 1.807) is 26.2 Å². The minimum Gasteiger partial charge on any atom is -0.480 e. The van der Waals surface area contributed by atoms with Crippen molar-refractivity contribution < 1.29 is 17.5 Å². The van der Waals surface area contributed by atoms with Crippen molar-refractivity contribution in [2.24, 2.45) is 0 Å². The van der Waals surface area contributed by atoms with Gasteiger partial charge in [-0.3, -0.25) is 4.72 Å². The summed E-state index contributed by atoms with van der Waals surface area (Å²) < 4.78 is 48.7. The molecule has 0 atom stereocenters. The van der Waals surface area contributed by atoms with E-state index in [2.05, 4.69) is 30.0 Å². The van der Waals surface area contributed by atoms with Crippen molar-refractivity contribution in [2.45, 2.75) is 11.8 Å². The zero-order chi connectivity index (χ0) is 23.8. The Hall–Kier alpha value is -3.57. The van der Waals surface area contributed by atoms with E-state index < -0.39 is 15.8 Å². The molecule has 33 heavy (non-hydrogen) atoms. The number of aryl methyl sites for hydroxylation is 1. The first-order valence-corrected chi connectivity index (χ1v) is 11.4. The van der Waals surface area contributed by atoms with E-state index in [0.29, 0.717) is 28.2 Å². The van der Waals surface area contributed by atoms with Crippen molar-refractivity contribution in [3.05, 3.63) is 59.3 Å². The highest BCUT2D eigenvalue weighted by molar-refractivity contribution is 7.92. The lowest BCUT2D eigenvalue weighted by Crippen LogP contribution is -2.16. The van der Waals surface area contributed by atoms with Crippen LogP contribution in [0.3, 0.4) is 0 Å². The average Bonchev–Trinajstić information content (AvgIpc) is 2.79. The second kappa shape index (κ2) is 8.75. The molecule has 1 aromatic carbocycles. The number of sulfonamides is 1. The number of nitrogens with one attached hydrogen (secondary N) is 2. The third-order valence-corrected chi connectivity index (χ3v) is 6.35. The van der Waals surface area contributed by atoms with Gasteiger partial charge in [0.05, 0.1) is 17.8 Å². The van der Waals surface area contributed by atoms with Gasteiger partial charge in [-0.2, -0.15) is 4.98 Å². The molecule has 0 fully saturated rings. The summed E-state index contributed by atoms with van der Waals surface area (Å²) in [5.74, 6) is -0.526. The molecule has 0 aliphatic rings. The molecule has 0 aliphatic carbocycles. The van der Waals surface area contributed by atoms with Crippen molar-refractivity contribution in [1.29, 1.82) is 0 Å². The van der Waals surface area contributed by atoms with Crippen molar-refractivity contribution in [3.63, 3.8) is 0 Å². The van der Waals surface area contributed by atoms with Crippen LogP contribution in [0, 0.1) is 12.7 Å². The number of halogens is 2. The molecular formula is C21H18ClFN6O3S. The lowest BCUT2D eigenvalue weighted by atomic mass is 10.0. The third-order valence-electron chi connectivity index (χ3n) is 4.78. The van der Waals surface area contributed by atoms with Crippen molar-refractivity contribution >= 4 is 44.3 Å². The maximum atomic E-state index is 15.5. The Balaban J connectivity index is 1.78. The van der Waals surface area contributed by atoms with Gasteiger partial charge in [0.15, 0.2) is 16.4 Å². The maximum absolute atomic E-state index is 15.5. The summed E-state index contributed by atoms with van der Waals surface area (Å²) in [6.45, 7) is 1.72. The van der Waals surface area contributed by atoms with Crippen LogP contribution in [-0.4, -0.2) is 42.5 Å². The van der Waals surface area contributed by atoms with Crippen LogP contribution >= 0.6 is 11.6 Å². The number of ether oxygens (including phenoxy) is 1. The number of fused-ring (bicyclic) bond motifs is 1. The first-order valence-electron chi connectivity index (χ1n) is 9.57. The normalized spacial score (nSPS) is 11.4. The standard InChI is InChI=1S/C21H18ClFN6O3S/c1-11-15(7-12-9-26-21(24-2)28-19(12)27-11)14-5-4-6-16(18(14)23)29-33(30,31)17-8-13(22)10-25-20(17)32-3/h4-10,29H,1-3H3,(H,24,26,27,28). The molecule has 4 aromatic rings. The molecule has 3 heterocycles. The van der Waals surface area contributed by atoms with Gasteiger partial charge in [-0.1, -0.05) is 23.7 Å². The fourth-order valence-corrected chi connectivity index (χ4v) is 4.65. The Morgan fingerprint density at radius 3 is 2.61 bits per heavy atom. The summed E-state index contributed by atoms with van der Waals surface area (Å²) >= 11 is 5.90. The molecule has 9 nitrogen and oxygen atoms in total. The monoisotopic (exact) mass is 488 g/mol. The minimum atomic E-state index is -4.26. The Morgan fingerprint density at radius 1 is 1.09 bits per heavy atom. The fourth-order valence-electron chi connectivity index (χ4n) is 3.22. The molecule has 0 radical (unpaired) electrons. The highest BCUT2D eigenvalue weighted by Gasteiger charge is 2.24. The number of anilines is 2. The van der Waals surface area contributed by atoms with Gasteiger partial charge in [0.25, 0.3) is 10.0 Å². The van der Waals surface area contributed by atoms with Gasteiger partial charge in [-0.05, 0) is 25.1 Å². The molecule has 0 spiro atoms. The highest BCUT2D eigenvalue weighted by Crippen LogP contribution is 2.33. The van der Waals surface area contributed by atoms with Gasteiger partial charge < -0.3 is 10.1 Å². The zero-order valence-corrected chi connectivity index (χ0v) is 19.3. The summed E-state index contributed by atoms with van der Waals surface area (Å²) in [5, 5.41) is 3.54. The number of rotatable bonds is 6. The fraction of sp³-hybridized carbons (Fsp3) is 0.143. The van der Waals surface area contributed by atoms with E-state index in [9.17, 15) is 8.42 Å². The number of aromatic nitrogens is 4. The van der Waals surface area contributed by atoms with Crippen LogP contribution in [-0.2, 0) is 10.0 Å². The van der Waals surface area contributed by atoms with Gasteiger partial charge in [-0.25, -0.2) is 27.8 Å². The van der Waals surface area contributed by atoms with E-state index in [0.717, 1.165) is 0 Å². The summed E-state index contributed by atoms with van der Waals surface area (Å²) in [6.07, 6.45) is 2.83. The van der Waals surface area contributed by atoms with E-state index in [1.807, 2.05) is 0 Å². The Labute approximate surface area is 194 Å². The van der Waals surface area contributed by atoms with Gasteiger partial charge in [0, 0.05) is 41.6 Å². The number of pyridine rings is 2. The molecule has 170 valence electrons. The van der Waals surface area contributed by atoms with Gasteiger partial charge >= 0.3 is 0 Å². The first-order chi connectivity index (χ1) is 15.7. The van der Waals surface area contributed by atoms with Crippen LogP contribution < -0.4 is 14.8 Å². The molecule has 0 amide bonds. The molecule has 12 heteroatoms. The second-order valence-corrected chi connectivity index (χ2v) is 9.00. The highest BCUT2D eigenvalue weighted by atomic mass is 35.5. The number of nitrogens with zero attached hydrogens (tertiary/aromatic N) is 4. The second-order valence-electron chi connectivity index (χ2n) is 6.91. The lowest BCUT2D eigenvalue weighted by Gasteiger charge is -2.14. The number of hydrogen-bond donors (Lipinski definition) is 2. The summed E-state index contributed by atoms with van der Waals surface area (Å²) in [4.78, 5) is 16.4. The Bertz CT molecular complexity index is 1480. The molecule has 0 saturated heterocycles. The molecule has 0 saturated carbocycles. The Morgan fingerprint density at radius 2 is 1.88 bits per heavy atom. The van der Waals surface area contributed by atoms with Crippen LogP contribution in [0.2, 0.25) is 5.02 Å². The summed E-state index contributed by atoms with van der Waals surface area (Å²) in [5.41, 5.74) is 1.35. The van der Waals surface area contributed by atoms with Gasteiger partial charge in [-0.15, -0.1) is 0 Å². The number of methoxy groups -OCH3 is 1. The lowest BCUT2D eigenvalue weighted by molar-refractivity contribution is 0.385. The van der Waals surface area contributed by atoms with Crippen molar-refractivity contribution in [1.82, 2.24) is 19.9 Å². The molecule has 0 unspecified atom stereocenters. The Kier molecular flexibility index (Phi) is 6.00. The average molecular weight is 489 g/mol. The smallest absolute Gasteiger partial charge is 0.267 e. The van der Waals surface area contributed by atoms with Gasteiger partial charge in [0.1, 0.15) is 0 Å². The van der Waals surface area contributed by atoms with E-state index >= 15 is 4.39 Å². The zero-order valence-electron chi connectivity index (χ0n) is 17.7. The first kappa shape index (κ1) is 22.6. The number of benzene rings is 1. The van der Waals surface area contributed by atoms with Crippen LogP contribution in [0.25, 0.3) is 22.2 Å². The van der Waals surface area contributed by atoms with Gasteiger partial charge in [0.2, 0.25) is 11.8 Å². The topological polar surface area (TPSA) is 119 Å². The van der Waals surface area contributed by atoms with Crippen LogP contribution in [0.4, 0.5) is 16.0 Å². The van der Waals surface area contributed by atoms with Crippen molar-refractivity contribution in [2.75, 3.05) is 24.2 Å². The molecular weight excluding hydrogens is 471 g/mol. The molecule has 0 bridgehead atoms. The summed E-state index contributed by atoms with van der Waals surface area (Å²) in [6, 6.07) is 7.26. The minimum absolute atomic E-state index is 0.0897. The predicted molar refractivity (Wildman–Crippen MR) is 124 cm³/mol. The van der Waals surface area contributed by atoms with Crippen LogP contribution in [0.5, 0.6) is 5.88 Å². The maximum Gasteiger partial charge on any atom is 0.267 e. The molecule has 0 aliphatic heterocycles. The van der Waals surface area contributed by atoms with Crippen molar-refractivity contribution in [3.8, 4) is 17.0 Å². The van der Waals surface area contributed by atoms with E-state index in [1.165, 1.54) is 37.6 Å².